The molecule has 1 N–H and O–H groups in total. The standard InChI is InChI=1S/C10H8Cl2FNO/c1-10(2)6-5(14-9(10)15)3-4(11)8(13)7(6)12/h3H,1-2H3,(H,14,15). The molecule has 1 amide bonds. The second kappa shape index (κ2) is 3.09. The van der Waals surface area contributed by atoms with Crippen molar-refractivity contribution in [1.82, 2.24) is 0 Å². The van der Waals surface area contributed by atoms with Crippen molar-refractivity contribution >= 4 is 34.8 Å². The number of nitrogens with one attached hydrogen (secondary N) is 1. The zero-order valence-electron chi connectivity index (χ0n) is 8.12. The summed E-state index contributed by atoms with van der Waals surface area (Å²) < 4.78 is 13.5. The molecule has 1 heterocycles. The Morgan fingerprint density at radius 2 is 2.00 bits per heavy atom. The summed E-state index contributed by atoms with van der Waals surface area (Å²) in [6.45, 7) is 3.38. The first-order valence-electron chi connectivity index (χ1n) is 4.35. The van der Waals surface area contributed by atoms with Crippen molar-refractivity contribution in [2.24, 2.45) is 0 Å². The van der Waals surface area contributed by atoms with Crippen molar-refractivity contribution in [2.75, 3.05) is 5.32 Å². The Kier molecular flexibility index (Phi) is 2.21. The highest BCUT2D eigenvalue weighted by Crippen LogP contribution is 2.44. The minimum absolute atomic E-state index is 0.0825. The predicted octanol–water partition coefficient (Wildman–Crippen LogP) is 3.36. The van der Waals surface area contributed by atoms with Gasteiger partial charge in [-0.05, 0) is 19.9 Å². The zero-order valence-corrected chi connectivity index (χ0v) is 9.63. The Bertz CT molecular complexity index is 471. The predicted molar refractivity (Wildman–Crippen MR) is 58.1 cm³/mol. The SMILES string of the molecule is CC1(C)C(=O)Nc2cc(Cl)c(F)c(Cl)c21. The van der Waals surface area contributed by atoms with Gasteiger partial charge in [-0.2, -0.15) is 0 Å². The number of halogens is 3. The van der Waals surface area contributed by atoms with Crippen molar-refractivity contribution in [2.45, 2.75) is 19.3 Å². The van der Waals surface area contributed by atoms with Gasteiger partial charge >= 0.3 is 0 Å². The maximum atomic E-state index is 13.5. The number of hydrogen-bond donors (Lipinski definition) is 1. The van der Waals surface area contributed by atoms with Gasteiger partial charge in [0.25, 0.3) is 0 Å². The number of fused-ring (bicyclic) bond motifs is 1. The normalized spacial score (nSPS) is 17.5. The van der Waals surface area contributed by atoms with E-state index in [0.717, 1.165) is 0 Å². The number of carbonyl (C=O) groups is 1. The molecule has 0 atom stereocenters. The van der Waals surface area contributed by atoms with Crippen molar-refractivity contribution in [3.05, 3.63) is 27.5 Å². The second-order valence-corrected chi connectivity index (χ2v) is 4.77. The van der Waals surface area contributed by atoms with Crippen LogP contribution in [0.1, 0.15) is 19.4 Å². The molecule has 0 spiro atoms. The fourth-order valence-electron chi connectivity index (χ4n) is 1.70. The molecular weight excluding hydrogens is 240 g/mol. The molecule has 0 saturated heterocycles. The molecule has 0 saturated carbocycles. The summed E-state index contributed by atoms with van der Waals surface area (Å²) in [5.74, 6) is -0.886. The van der Waals surface area contributed by atoms with Crippen LogP contribution in [-0.4, -0.2) is 5.91 Å². The van der Waals surface area contributed by atoms with E-state index in [1.807, 2.05) is 0 Å². The van der Waals surface area contributed by atoms with E-state index < -0.39 is 11.2 Å². The Morgan fingerprint density at radius 3 is 2.60 bits per heavy atom. The van der Waals surface area contributed by atoms with Gasteiger partial charge in [-0.25, -0.2) is 4.39 Å². The number of carbonyl (C=O) groups excluding carboxylic acids is 1. The number of amides is 1. The topological polar surface area (TPSA) is 29.1 Å². The number of hydrogen-bond acceptors (Lipinski definition) is 1. The molecule has 5 heteroatoms. The van der Waals surface area contributed by atoms with Gasteiger partial charge in [0, 0.05) is 11.3 Å². The first-order chi connectivity index (χ1) is 6.85. The van der Waals surface area contributed by atoms with E-state index in [1.54, 1.807) is 13.8 Å². The molecule has 1 aromatic carbocycles. The van der Waals surface area contributed by atoms with Gasteiger partial charge in [-0.15, -0.1) is 0 Å². The Labute approximate surface area is 96.4 Å². The van der Waals surface area contributed by atoms with E-state index in [1.165, 1.54) is 6.07 Å². The minimum atomic E-state index is -0.822. The third-order valence-corrected chi connectivity index (χ3v) is 3.23. The van der Waals surface area contributed by atoms with Gasteiger partial charge in [-0.1, -0.05) is 23.2 Å². The van der Waals surface area contributed by atoms with Gasteiger partial charge in [-0.3, -0.25) is 4.79 Å². The van der Waals surface area contributed by atoms with Gasteiger partial charge < -0.3 is 5.32 Å². The first kappa shape index (κ1) is 10.7. The van der Waals surface area contributed by atoms with Crippen LogP contribution < -0.4 is 5.32 Å². The molecule has 0 aliphatic carbocycles. The highest BCUT2D eigenvalue weighted by atomic mass is 35.5. The van der Waals surface area contributed by atoms with E-state index in [4.69, 9.17) is 23.2 Å². The summed E-state index contributed by atoms with van der Waals surface area (Å²) in [4.78, 5) is 11.6. The fraction of sp³-hybridized carbons (Fsp3) is 0.300. The molecule has 1 aliphatic rings. The van der Waals surface area contributed by atoms with Gasteiger partial charge in [0.1, 0.15) is 0 Å². The molecule has 2 nitrogen and oxygen atoms in total. The number of rotatable bonds is 0. The Morgan fingerprint density at radius 1 is 1.40 bits per heavy atom. The van der Waals surface area contributed by atoms with Crippen LogP contribution in [0.5, 0.6) is 0 Å². The maximum Gasteiger partial charge on any atom is 0.234 e. The van der Waals surface area contributed by atoms with Gasteiger partial charge in [0.05, 0.1) is 15.5 Å². The van der Waals surface area contributed by atoms with E-state index >= 15 is 0 Å². The fourth-order valence-corrected chi connectivity index (χ4v) is 2.39. The molecule has 2 rings (SSSR count). The molecular formula is C10H8Cl2FNO. The lowest BCUT2D eigenvalue weighted by Crippen LogP contribution is -2.27. The second-order valence-electron chi connectivity index (χ2n) is 3.99. The summed E-state index contributed by atoms with van der Waals surface area (Å²) >= 11 is 11.5. The molecule has 80 valence electrons. The number of anilines is 1. The quantitative estimate of drug-likeness (QED) is 0.700. The Balaban J connectivity index is 2.78. The third-order valence-electron chi connectivity index (χ3n) is 2.60. The van der Waals surface area contributed by atoms with Crippen LogP contribution in [-0.2, 0) is 10.2 Å². The van der Waals surface area contributed by atoms with Crippen LogP contribution >= 0.6 is 23.2 Å². The summed E-state index contributed by atoms with van der Waals surface area (Å²) in [5, 5.41) is 2.45. The molecule has 0 unspecified atom stereocenters. The molecule has 0 fully saturated rings. The van der Waals surface area contributed by atoms with Gasteiger partial charge in [0.15, 0.2) is 5.82 Å². The van der Waals surface area contributed by atoms with Crippen molar-refractivity contribution in [3.8, 4) is 0 Å². The summed E-state index contributed by atoms with van der Waals surface area (Å²) in [5.41, 5.74) is 0.134. The van der Waals surface area contributed by atoms with Crippen LogP contribution in [0, 0.1) is 5.82 Å². The molecule has 1 aromatic rings. The van der Waals surface area contributed by atoms with E-state index in [9.17, 15) is 9.18 Å². The molecule has 0 radical (unpaired) electrons. The van der Waals surface area contributed by atoms with Crippen LogP contribution in [0.3, 0.4) is 0 Å². The van der Waals surface area contributed by atoms with E-state index in [-0.39, 0.29) is 16.0 Å². The maximum absolute atomic E-state index is 13.5. The highest BCUT2D eigenvalue weighted by Gasteiger charge is 2.41. The molecule has 15 heavy (non-hydrogen) atoms. The molecule has 1 aliphatic heterocycles. The molecule has 0 bridgehead atoms. The minimum Gasteiger partial charge on any atom is -0.325 e. The highest BCUT2D eigenvalue weighted by molar-refractivity contribution is 6.37. The first-order valence-corrected chi connectivity index (χ1v) is 5.10. The molecule has 0 aromatic heterocycles. The summed E-state index contributed by atoms with van der Waals surface area (Å²) in [6, 6.07) is 1.38. The zero-order chi connectivity index (χ0) is 11.4. The summed E-state index contributed by atoms with van der Waals surface area (Å²) in [7, 11) is 0. The Hall–Kier alpha value is -0.800. The average Bonchev–Trinajstić information content (AvgIpc) is 2.34. The van der Waals surface area contributed by atoms with Crippen molar-refractivity contribution in [1.29, 1.82) is 0 Å². The summed E-state index contributed by atoms with van der Waals surface area (Å²) in [6.07, 6.45) is 0. The van der Waals surface area contributed by atoms with Crippen LogP contribution in [0.2, 0.25) is 10.0 Å². The number of benzene rings is 1. The lowest BCUT2D eigenvalue weighted by atomic mass is 9.86. The monoisotopic (exact) mass is 247 g/mol. The average molecular weight is 248 g/mol. The van der Waals surface area contributed by atoms with Crippen LogP contribution in [0.25, 0.3) is 0 Å². The van der Waals surface area contributed by atoms with E-state index in [0.29, 0.717) is 11.3 Å². The largest absolute Gasteiger partial charge is 0.325 e. The lowest BCUT2D eigenvalue weighted by molar-refractivity contribution is -0.119. The van der Waals surface area contributed by atoms with Crippen molar-refractivity contribution < 1.29 is 9.18 Å². The lowest BCUT2D eigenvalue weighted by Gasteiger charge is -2.16. The smallest absolute Gasteiger partial charge is 0.234 e. The van der Waals surface area contributed by atoms with Crippen molar-refractivity contribution in [3.63, 3.8) is 0 Å². The van der Waals surface area contributed by atoms with Gasteiger partial charge in [0.2, 0.25) is 5.91 Å². The van der Waals surface area contributed by atoms with Crippen LogP contribution in [0.15, 0.2) is 6.07 Å². The van der Waals surface area contributed by atoms with Crippen LogP contribution in [0.4, 0.5) is 10.1 Å². The third kappa shape index (κ3) is 1.34. The van der Waals surface area contributed by atoms with E-state index in [2.05, 4.69) is 5.32 Å².